The maximum atomic E-state index is 12.1. The number of ether oxygens (including phenoxy) is 2. The Hall–Kier alpha value is -2.29. The van der Waals surface area contributed by atoms with E-state index >= 15 is 0 Å². The van der Waals surface area contributed by atoms with Crippen molar-refractivity contribution in [1.82, 2.24) is 0 Å². The molecule has 0 fully saturated rings. The van der Waals surface area contributed by atoms with Crippen molar-refractivity contribution in [2.24, 2.45) is 5.92 Å². The van der Waals surface area contributed by atoms with Crippen LogP contribution in [0.4, 0.5) is 0 Å². The van der Waals surface area contributed by atoms with E-state index in [-0.39, 0.29) is 12.1 Å². The van der Waals surface area contributed by atoms with Gasteiger partial charge >= 0.3 is 5.97 Å². The van der Waals surface area contributed by atoms with Crippen LogP contribution in [0, 0.1) is 5.92 Å². The van der Waals surface area contributed by atoms with Crippen LogP contribution in [-0.4, -0.2) is 12.6 Å². The minimum Gasteiger partial charge on any atom is -0.494 e. The first-order valence-corrected chi connectivity index (χ1v) is 11.6. The molecule has 2 atom stereocenters. The molecule has 0 radical (unpaired) electrons. The summed E-state index contributed by atoms with van der Waals surface area (Å²) in [6, 6.07) is 16.5. The Kier molecular flexibility index (Phi) is 10.5. The molecule has 0 aliphatic heterocycles. The lowest BCUT2D eigenvalue weighted by molar-refractivity contribution is -0.148. The molecule has 0 N–H and O–H groups in total. The van der Waals surface area contributed by atoms with Gasteiger partial charge in [0.15, 0.2) is 0 Å². The Labute approximate surface area is 182 Å². The molecule has 0 amide bonds. The Bertz CT molecular complexity index is 734. The minimum atomic E-state index is -0.228. The molecule has 3 heteroatoms. The topological polar surface area (TPSA) is 35.5 Å². The Morgan fingerprint density at radius 2 is 1.50 bits per heavy atom. The SMILES string of the molecule is CCCCCOc1ccc(-c2ccc(C(C)OC(=O)CCCC(C)CC)cc2)cc1. The molecule has 0 saturated carbocycles. The van der Waals surface area contributed by atoms with E-state index in [4.69, 9.17) is 9.47 Å². The number of esters is 1. The first kappa shape index (κ1) is 24.0. The molecule has 0 aliphatic carbocycles. The number of rotatable bonds is 13. The summed E-state index contributed by atoms with van der Waals surface area (Å²) >= 11 is 0. The lowest BCUT2D eigenvalue weighted by Crippen LogP contribution is -2.09. The van der Waals surface area contributed by atoms with E-state index in [0.717, 1.165) is 54.7 Å². The molecule has 3 nitrogen and oxygen atoms in total. The number of carbonyl (C=O) groups is 1. The molecule has 2 rings (SSSR count). The second-order valence-electron chi connectivity index (χ2n) is 8.24. The Balaban J connectivity index is 1.84. The van der Waals surface area contributed by atoms with E-state index in [1.165, 1.54) is 12.8 Å². The van der Waals surface area contributed by atoms with Crippen LogP contribution in [0.5, 0.6) is 5.75 Å². The molecular weight excluding hydrogens is 372 g/mol. The summed E-state index contributed by atoms with van der Waals surface area (Å²) in [6.45, 7) is 9.32. The summed E-state index contributed by atoms with van der Waals surface area (Å²) in [7, 11) is 0. The van der Waals surface area contributed by atoms with Crippen molar-refractivity contribution >= 4 is 5.97 Å². The van der Waals surface area contributed by atoms with Gasteiger partial charge in [0.25, 0.3) is 0 Å². The smallest absolute Gasteiger partial charge is 0.306 e. The van der Waals surface area contributed by atoms with Gasteiger partial charge in [-0.15, -0.1) is 0 Å². The van der Waals surface area contributed by atoms with E-state index in [1.54, 1.807) is 0 Å². The summed E-state index contributed by atoms with van der Waals surface area (Å²) in [6.07, 6.45) is 6.92. The minimum absolute atomic E-state index is 0.107. The van der Waals surface area contributed by atoms with E-state index in [1.807, 2.05) is 31.2 Å². The first-order valence-electron chi connectivity index (χ1n) is 11.6. The van der Waals surface area contributed by atoms with Gasteiger partial charge < -0.3 is 9.47 Å². The number of hydrogen-bond donors (Lipinski definition) is 0. The number of hydrogen-bond acceptors (Lipinski definition) is 3. The molecule has 2 aromatic carbocycles. The van der Waals surface area contributed by atoms with Crippen molar-refractivity contribution in [3.63, 3.8) is 0 Å². The standard InChI is InChI=1S/C27H38O3/c1-5-7-8-20-29-26-18-16-25(17-19-26)24-14-12-23(13-15-24)22(4)30-27(28)11-9-10-21(3)6-2/h12-19,21-22H,5-11,20H2,1-4H3. The Morgan fingerprint density at radius 1 is 0.867 bits per heavy atom. The summed E-state index contributed by atoms with van der Waals surface area (Å²) in [5, 5.41) is 0. The molecule has 0 heterocycles. The van der Waals surface area contributed by atoms with Crippen molar-refractivity contribution in [1.29, 1.82) is 0 Å². The number of benzene rings is 2. The predicted octanol–water partition coefficient (Wildman–Crippen LogP) is 7.74. The zero-order valence-corrected chi connectivity index (χ0v) is 19.2. The molecule has 0 aromatic heterocycles. The maximum Gasteiger partial charge on any atom is 0.306 e. The summed E-state index contributed by atoms with van der Waals surface area (Å²) in [5.41, 5.74) is 3.31. The highest BCUT2D eigenvalue weighted by atomic mass is 16.5. The van der Waals surface area contributed by atoms with Gasteiger partial charge in [-0.3, -0.25) is 4.79 Å². The van der Waals surface area contributed by atoms with Crippen molar-refractivity contribution in [2.75, 3.05) is 6.61 Å². The van der Waals surface area contributed by atoms with E-state index < -0.39 is 0 Å². The normalized spacial score (nSPS) is 12.9. The van der Waals surface area contributed by atoms with E-state index in [9.17, 15) is 4.79 Å². The van der Waals surface area contributed by atoms with Crippen molar-refractivity contribution < 1.29 is 14.3 Å². The van der Waals surface area contributed by atoms with Gasteiger partial charge in [0.05, 0.1) is 6.61 Å². The zero-order chi connectivity index (χ0) is 21.8. The highest BCUT2D eigenvalue weighted by molar-refractivity contribution is 5.70. The van der Waals surface area contributed by atoms with E-state index in [2.05, 4.69) is 45.0 Å². The average Bonchev–Trinajstić information content (AvgIpc) is 2.77. The van der Waals surface area contributed by atoms with Gasteiger partial charge in [-0.1, -0.05) is 82.9 Å². The molecule has 0 bridgehead atoms. The van der Waals surface area contributed by atoms with Gasteiger partial charge in [-0.05, 0) is 54.5 Å². The third-order valence-corrected chi connectivity index (χ3v) is 5.67. The lowest BCUT2D eigenvalue weighted by atomic mass is 10.0. The fraction of sp³-hybridized carbons (Fsp3) is 0.519. The molecule has 0 aliphatic rings. The van der Waals surface area contributed by atoms with Crippen LogP contribution in [-0.2, 0) is 9.53 Å². The van der Waals surface area contributed by atoms with E-state index in [0.29, 0.717) is 12.3 Å². The second kappa shape index (κ2) is 13.1. The third-order valence-electron chi connectivity index (χ3n) is 5.67. The van der Waals surface area contributed by atoms with Crippen LogP contribution in [0.2, 0.25) is 0 Å². The predicted molar refractivity (Wildman–Crippen MR) is 125 cm³/mol. The van der Waals surface area contributed by atoms with Crippen LogP contribution in [0.1, 0.15) is 84.3 Å². The third kappa shape index (κ3) is 8.22. The zero-order valence-electron chi connectivity index (χ0n) is 19.2. The molecule has 0 saturated heterocycles. The van der Waals surface area contributed by atoms with Crippen LogP contribution < -0.4 is 4.74 Å². The molecule has 30 heavy (non-hydrogen) atoms. The summed E-state index contributed by atoms with van der Waals surface area (Å²) in [5.74, 6) is 1.48. The van der Waals surface area contributed by atoms with Crippen LogP contribution in [0.3, 0.4) is 0 Å². The second-order valence-corrected chi connectivity index (χ2v) is 8.24. The number of carbonyl (C=O) groups excluding carboxylic acids is 1. The Morgan fingerprint density at radius 3 is 2.10 bits per heavy atom. The fourth-order valence-electron chi connectivity index (χ4n) is 3.36. The quantitative estimate of drug-likeness (QED) is 0.250. The van der Waals surface area contributed by atoms with Crippen molar-refractivity contribution in [3.05, 3.63) is 54.1 Å². The van der Waals surface area contributed by atoms with Crippen LogP contribution >= 0.6 is 0 Å². The average molecular weight is 411 g/mol. The van der Waals surface area contributed by atoms with Crippen LogP contribution in [0.15, 0.2) is 48.5 Å². The monoisotopic (exact) mass is 410 g/mol. The molecule has 164 valence electrons. The maximum absolute atomic E-state index is 12.1. The van der Waals surface area contributed by atoms with Gasteiger partial charge in [0.2, 0.25) is 0 Å². The molecular formula is C27H38O3. The van der Waals surface area contributed by atoms with Gasteiger partial charge in [0.1, 0.15) is 11.9 Å². The van der Waals surface area contributed by atoms with Gasteiger partial charge in [-0.25, -0.2) is 0 Å². The van der Waals surface area contributed by atoms with Gasteiger partial charge in [-0.2, -0.15) is 0 Å². The van der Waals surface area contributed by atoms with Crippen molar-refractivity contribution in [3.8, 4) is 16.9 Å². The largest absolute Gasteiger partial charge is 0.494 e. The first-order chi connectivity index (χ1) is 14.5. The molecule has 2 unspecified atom stereocenters. The highest BCUT2D eigenvalue weighted by Gasteiger charge is 2.12. The van der Waals surface area contributed by atoms with Crippen molar-refractivity contribution in [2.45, 2.75) is 78.7 Å². The highest BCUT2D eigenvalue weighted by Crippen LogP contribution is 2.26. The summed E-state index contributed by atoms with van der Waals surface area (Å²) in [4.78, 5) is 12.1. The molecule has 0 spiro atoms. The van der Waals surface area contributed by atoms with Crippen LogP contribution in [0.25, 0.3) is 11.1 Å². The number of unbranched alkanes of at least 4 members (excludes halogenated alkanes) is 2. The van der Waals surface area contributed by atoms with Gasteiger partial charge in [0, 0.05) is 6.42 Å². The summed E-state index contributed by atoms with van der Waals surface area (Å²) < 4.78 is 11.4. The molecule has 2 aromatic rings. The lowest BCUT2D eigenvalue weighted by Gasteiger charge is -2.15. The fourth-order valence-corrected chi connectivity index (χ4v) is 3.36.